The van der Waals surface area contributed by atoms with Crippen LogP contribution in [0.3, 0.4) is 0 Å². The van der Waals surface area contributed by atoms with Gasteiger partial charge in [-0.05, 0) is 54.6 Å². The Bertz CT molecular complexity index is 1990. The first kappa shape index (κ1) is 29.8. The third-order valence-corrected chi connectivity index (χ3v) is 10.1. The lowest BCUT2D eigenvalue weighted by molar-refractivity contribution is -0.148. The smallest absolute Gasteiger partial charge is 0.319 e. The molecular weight excluding hydrogens is 611 g/mol. The van der Waals surface area contributed by atoms with Crippen molar-refractivity contribution in [2.75, 3.05) is 57.4 Å². The predicted octanol–water partition coefficient (Wildman–Crippen LogP) is 4.42. The maximum atomic E-state index is 16.9. The molecule has 3 atom stereocenters. The molecule has 0 unspecified atom stereocenters. The van der Waals surface area contributed by atoms with E-state index >= 15 is 4.39 Å². The predicted molar refractivity (Wildman–Crippen MR) is 169 cm³/mol. The van der Waals surface area contributed by atoms with Gasteiger partial charge in [-0.25, -0.2) is 13.2 Å². The SMILES string of the molecule is C#Cc1c(F)ccc2cc(O)cc(-c3ccc4c(N5CCN6C(=O)COC[C@H]6C5)nc(OC[C@@]56CCCN5C[C@H](F)C6)nc4c3F)c12. The minimum Gasteiger partial charge on any atom is -0.508 e. The van der Waals surface area contributed by atoms with Crippen molar-refractivity contribution in [3.63, 3.8) is 0 Å². The molecule has 0 spiro atoms. The molecule has 0 saturated carbocycles. The number of terminal acetylenes is 1. The van der Waals surface area contributed by atoms with Crippen molar-refractivity contribution in [2.45, 2.75) is 37.0 Å². The second kappa shape index (κ2) is 11.3. The molecule has 8 rings (SSSR count). The van der Waals surface area contributed by atoms with Crippen molar-refractivity contribution in [1.29, 1.82) is 0 Å². The van der Waals surface area contributed by atoms with Crippen LogP contribution in [0.2, 0.25) is 0 Å². The van der Waals surface area contributed by atoms with Crippen LogP contribution in [0.1, 0.15) is 24.8 Å². The van der Waals surface area contributed by atoms with Gasteiger partial charge in [0.15, 0.2) is 5.82 Å². The normalized spacial score (nSPS) is 24.5. The van der Waals surface area contributed by atoms with Crippen LogP contribution in [0.25, 0.3) is 32.8 Å². The number of alkyl halides is 1. The molecule has 0 aliphatic carbocycles. The van der Waals surface area contributed by atoms with Crippen molar-refractivity contribution < 1.29 is 32.5 Å². The van der Waals surface area contributed by atoms with E-state index in [9.17, 15) is 18.7 Å². The molecular formula is C35H32F3N5O4. The number of amides is 1. The maximum Gasteiger partial charge on any atom is 0.319 e. The Labute approximate surface area is 268 Å². The number of phenolic OH excluding ortho intramolecular Hbond substituents is 1. The van der Waals surface area contributed by atoms with Crippen molar-refractivity contribution in [2.24, 2.45) is 0 Å². The Kier molecular flexibility index (Phi) is 7.15. The van der Waals surface area contributed by atoms with Crippen molar-refractivity contribution >= 4 is 33.4 Å². The molecule has 4 aliphatic rings. The first-order valence-electron chi connectivity index (χ1n) is 15.8. The number of carbonyl (C=O) groups excluding carboxylic acids is 1. The number of rotatable bonds is 5. The Morgan fingerprint density at radius 3 is 2.83 bits per heavy atom. The number of hydrogen-bond acceptors (Lipinski definition) is 8. The number of aromatic nitrogens is 2. The lowest BCUT2D eigenvalue weighted by atomic mass is 9.93. The lowest BCUT2D eigenvalue weighted by Gasteiger charge is -2.44. The number of benzene rings is 3. The number of piperazine rings is 1. The van der Waals surface area contributed by atoms with Crippen LogP contribution in [0.15, 0.2) is 36.4 Å². The van der Waals surface area contributed by atoms with E-state index in [-0.39, 0.29) is 64.5 Å². The van der Waals surface area contributed by atoms with E-state index in [0.29, 0.717) is 55.8 Å². The van der Waals surface area contributed by atoms with Gasteiger partial charge in [-0.2, -0.15) is 9.97 Å². The minimum absolute atomic E-state index is 0.0355. The highest BCUT2D eigenvalue weighted by atomic mass is 19.1. The van der Waals surface area contributed by atoms with Gasteiger partial charge in [0.05, 0.1) is 23.8 Å². The fraction of sp³-hybridized carbons (Fsp3) is 0.400. The molecule has 3 aromatic carbocycles. The molecule has 4 saturated heterocycles. The first-order chi connectivity index (χ1) is 22.7. The van der Waals surface area contributed by atoms with E-state index in [1.165, 1.54) is 24.3 Å². The van der Waals surface area contributed by atoms with Gasteiger partial charge in [-0.3, -0.25) is 9.69 Å². The topological polar surface area (TPSA) is 91.3 Å². The number of phenols is 1. The lowest BCUT2D eigenvalue weighted by Crippen LogP contribution is -2.60. The summed E-state index contributed by atoms with van der Waals surface area (Å²) in [5, 5.41) is 11.7. The number of aromatic hydroxyl groups is 1. The molecule has 0 bridgehead atoms. The Balaban J connectivity index is 1.26. The monoisotopic (exact) mass is 643 g/mol. The number of halogens is 3. The molecule has 4 aliphatic heterocycles. The highest BCUT2D eigenvalue weighted by molar-refractivity contribution is 6.04. The Hall–Kier alpha value is -4.60. The number of fused-ring (bicyclic) bond motifs is 4. The van der Waals surface area contributed by atoms with Gasteiger partial charge in [0.1, 0.15) is 42.3 Å². The van der Waals surface area contributed by atoms with Crippen molar-refractivity contribution in [3.8, 4) is 35.2 Å². The van der Waals surface area contributed by atoms with Crippen molar-refractivity contribution in [3.05, 3.63) is 53.6 Å². The van der Waals surface area contributed by atoms with Crippen LogP contribution in [0.5, 0.6) is 11.8 Å². The number of ether oxygens (including phenoxy) is 2. The van der Waals surface area contributed by atoms with Gasteiger partial charge in [0, 0.05) is 48.9 Å². The summed E-state index contributed by atoms with van der Waals surface area (Å²) in [5.41, 5.74) is -0.286. The van der Waals surface area contributed by atoms with E-state index in [1.54, 1.807) is 17.0 Å². The summed E-state index contributed by atoms with van der Waals surface area (Å²) in [4.78, 5) is 27.7. The Morgan fingerprint density at radius 1 is 1.11 bits per heavy atom. The zero-order valence-electron chi connectivity index (χ0n) is 25.5. The van der Waals surface area contributed by atoms with Crippen molar-refractivity contribution in [1.82, 2.24) is 19.8 Å². The number of nitrogens with zero attached hydrogens (tertiary/aromatic N) is 5. The summed E-state index contributed by atoms with van der Waals surface area (Å²) in [6.07, 6.45) is 6.81. The molecule has 47 heavy (non-hydrogen) atoms. The highest BCUT2D eigenvalue weighted by Crippen LogP contribution is 2.42. The zero-order valence-corrected chi connectivity index (χ0v) is 25.5. The van der Waals surface area contributed by atoms with Gasteiger partial charge < -0.3 is 24.4 Å². The second-order valence-corrected chi connectivity index (χ2v) is 12.9. The van der Waals surface area contributed by atoms with Gasteiger partial charge >= 0.3 is 6.01 Å². The third kappa shape index (κ3) is 4.91. The van der Waals surface area contributed by atoms with Crippen LogP contribution >= 0.6 is 0 Å². The molecule has 1 aromatic heterocycles. The molecule has 1 amide bonds. The molecule has 9 nitrogen and oxygen atoms in total. The molecule has 0 radical (unpaired) electrons. The summed E-state index contributed by atoms with van der Waals surface area (Å²) < 4.78 is 58.0. The molecule has 4 aromatic rings. The second-order valence-electron chi connectivity index (χ2n) is 12.9. The van der Waals surface area contributed by atoms with Gasteiger partial charge in [-0.15, -0.1) is 6.42 Å². The number of hydrogen-bond donors (Lipinski definition) is 1. The number of morpholine rings is 1. The third-order valence-electron chi connectivity index (χ3n) is 10.1. The van der Waals surface area contributed by atoms with E-state index in [4.69, 9.17) is 20.9 Å². The molecule has 12 heteroatoms. The van der Waals surface area contributed by atoms with E-state index in [0.717, 1.165) is 19.4 Å². The highest BCUT2D eigenvalue weighted by Gasteiger charge is 2.49. The van der Waals surface area contributed by atoms with Crippen LogP contribution in [-0.4, -0.2) is 101 Å². The largest absolute Gasteiger partial charge is 0.508 e. The first-order valence-corrected chi connectivity index (χ1v) is 15.8. The average molecular weight is 644 g/mol. The molecule has 5 heterocycles. The summed E-state index contributed by atoms with van der Waals surface area (Å²) in [6.45, 7) is 3.01. The molecule has 1 N–H and O–H groups in total. The number of carbonyl (C=O) groups is 1. The molecule has 242 valence electrons. The quantitative estimate of drug-likeness (QED) is 0.320. The van der Waals surface area contributed by atoms with Gasteiger partial charge in [0.2, 0.25) is 5.91 Å². The maximum absolute atomic E-state index is 16.9. The fourth-order valence-electron chi connectivity index (χ4n) is 7.95. The van der Waals surface area contributed by atoms with Crippen LogP contribution in [-0.2, 0) is 9.53 Å². The summed E-state index contributed by atoms with van der Waals surface area (Å²) in [6, 6.07) is 8.47. The Morgan fingerprint density at radius 2 is 1.98 bits per heavy atom. The van der Waals surface area contributed by atoms with E-state index in [2.05, 4.69) is 15.8 Å². The van der Waals surface area contributed by atoms with Crippen LogP contribution in [0, 0.1) is 24.0 Å². The average Bonchev–Trinajstić information content (AvgIpc) is 3.59. The minimum atomic E-state index is -0.946. The zero-order chi connectivity index (χ0) is 32.4. The van der Waals surface area contributed by atoms with E-state index < -0.39 is 23.3 Å². The van der Waals surface area contributed by atoms with Gasteiger partial charge in [-0.1, -0.05) is 18.1 Å². The standard InChI is InChI=1S/C35H32F3N5O4/c1-2-24-28(37)7-4-20-12-23(44)13-27(30(20)24)25-5-6-26-32(31(25)38)39-34(47-19-35-8-3-9-42(35)15-21(36)14-35)40-33(26)41-10-11-43-22(16-41)17-46-18-29(43)45/h1,4-7,12-13,21-22,44H,3,8-11,14-19H2/t21-,22-,35+/m1/s1. The number of anilines is 1. The van der Waals surface area contributed by atoms with Crippen LogP contribution in [0.4, 0.5) is 19.0 Å². The summed E-state index contributed by atoms with van der Waals surface area (Å²) in [7, 11) is 0. The molecule has 4 fully saturated rings. The summed E-state index contributed by atoms with van der Waals surface area (Å²) in [5.74, 6) is 1.23. The fourth-order valence-corrected chi connectivity index (χ4v) is 7.95. The van der Waals surface area contributed by atoms with Gasteiger partial charge in [0.25, 0.3) is 0 Å². The van der Waals surface area contributed by atoms with E-state index in [1.807, 2.05) is 4.90 Å². The summed E-state index contributed by atoms with van der Waals surface area (Å²) >= 11 is 0. The van der Waals surface area contributed by atoms with Crippen LogP contribution < -0.4 is 9.64 Å².